The fraction of sp³-hybridized carbons (Fsp3) is 0.231. The molecule has 8 nitrogen and oxygen atoms in total. The minimum Gasteiger partial charge on any atom is -0.497 e. The van der Waals surface area contributed by atoms with E-state index < -0.39 is 27.5 Å². The maximum atomic E-state index is 14.8. The summed E-state index contributed by atoms with van der Waals surface area (Å²) in [6.07, 6.45) is -0.894. The Morgan fingerprint density at radius 3 is 2.30 bits per heavy atom. The summed E-state index contributed by atoms with van der Waals surface area (Å²) >= 11 is 1.93. The van der Waals surface area contributed by atoms with Gasteiger partial charge < -0.3 is 9.47 Å². The van der Waals surface area contributed by atoms with Crippen LogP contribution in [0.4, 0.5) is 9.18 Å². The van der Waals surface area contributed by atoms with E-state index in [4.69, 9.17) is 9.47 Å². The molecule has 1 amide bonds. The van der Waals surface area contributed by atoms with E-state index in [1.54, 1.807) is 64.3 Å². The number of benzene rings is 3. The van der Waals surface area contributed by atoms with E-state index in [2.05, 4.69) is 15.0 Å². The molecule has 11 heteroatoms. The van der Waals surface area contributed by atoms with E-state index in [-0.39, 0.29) is 17.4 Å². The maximum absolute atomic E-state index is 14.8. The first-order chi connectivity index (χ1) is 17.4. The van der Waals surface area contributed by atoms with Crippen LogP contribution < -0.4 is 14.8 Å². The SMILES string of the molecule is COc1ccc(-c2cc(CN=C(NC(=O)OC(C)(C)C)NS(=O)(=O)c3ccccc3)cc(F)c2I)cc1. The van der Waals surface area contributed by atoms with E-state index in [9.17, 15) is 17.6 Å². The molecule has 3 aromatic carbocycles. The molecule has 196 valence electrons. The van der Waals surface area contributed by atoms with E-state index in [1.165, 1.54) is 18.2 Å². The number of carbonyl (C=O) groups is 1. The van der Waals surface area contributed by atoms with E-state index in [1.807, 2.05) is 34.7 Å². The zero-order valence-corrected chi connectivity index (χ0v) is 23.7. The lowest BCUT2D eigenvalue weighted by molar-refractivity contribution is 0.0562. The van der Waals surface area contributed by atoms with E-state index >= 15 is 0 Å². The Morgan fingerprint density at radius 2 is 1.70 bits per heavy atom. The first-order valence-corrected chi connectivity index (χ1v) is 13.7. The van der Waals surface area contributed by atoms with Crippen LogP contribution in [0.1, 0.15) is 26.3 Å². The first-order valence-electron chi connectivity index (χ1n) is 11.1. The van der Waals surface area contributed by atoms with Crippen LogP contribution in [0.5, 0.6) is 5.75 Å². The molecular formula is C26H27FIN3O5S. The molecule has 0 aromatic heterocycles. The van der Waals surface area contributed by atoms with Crippen molar-refractivity contribution in [1.29, 1.82) is 0 Å². The molecule has 0 spiro atoms. The number of nitrogens with one attached hydrogen (secondary N) is 2. The van der Waals surface area contributed by atoms with Gasteiger partial charge in [-0.25, -0.2) is 27.3 Å². The number of ether oxygens (including phenoxy) is 2. The predicted octanol–water partition coefficient (Wildman–Crippen LogP) is 5.47. The van der Waals surface area contributed by atoms with Crippen molar-refractivity contribution in [3.05, 3.63) is 81.7 Å². The smallest absolute Gasteiger partial charge is 0.414 e. The van der Waals surface area contributed by atoms with Gasteiger partial charge in [-0.2, -0.15) is 0 Å². The van der Waals surface area contributed by atoms with Gasteiger partial charge in [0.05, 0.1) is 22.1 Å². The highest BCUT2D eigenvalue weighted by molar-refractivity contribution is 14.1. The van der Waals surface area contributed by atoms with E-state index in [0.29, 0.717) is 20.4 Å². The summed E-state index contributed by atoms with van der Waals surface area (Å²) in [5.41, 5.74) is 1.05. The van der Waals surface area contributed by atoms with Crippen molar-refractivity contribution in [2.24, 2.45) is 4.99 Å². The molecule has 0 aliphatic rings. The topological polar surface area (TPSA) is 106 Å². The third-order valence-electron chi connectivity index (χ3n) is 4.81. The van der Waals surface area contributed by atoms with Gasteiger partial charge in [0.25, 0.3) is 10.0 Å². The van der Waals surface area contributed by atoms with Crippen molar-refractivity contribution >= 4 is 44.7 Å². The molecule has 0 aliphatic heterocycles. The standard InChI is InChI=1S/C26H27FIN3O5S/c1-26(2,3)36-25(32)30-24(31-37(33,34)20-8-6-5-7-9-20)29-16-17-14-21(23(28)22(27)15-17)18-10-12-19(35-4)13-11-18/h5-15H,16H2,1-4H3,(H2,29,30,31,32). The average Bonchev–Trinajstić information content (AvgIpc) is 2.83. The quantitative estimate of drug-likeness (QED) is 0.212. The molecule has 0 radical (unpaired) electrons. The summed E-state index contributed by atoms with van der Waals surface area (Å²) in [5.74, 6) is -0.141. The highest BCUT2D eigenvalue weighted by atomic mass is 127. The lowest BCUT2D eigenvalue weighted by Crippen LogP contribution is -2.45. The number of hydrogen-bond donors (Lipinski definition) is 2. The van der Waals surface area contributed by atoms with Gasteiger partial charge in [0, 0.05) is 0 Å². The van der Waals surface area contributed by atoms with Crippen molar-refractivity contribution in [3.8, 4) is 16.9 Å². The van der Waals surface area contributed by atoms with Gasteiger partial charge in [0.15, 0.2) is 0 Å². The molecular weight excluding hydrogens is 612 g/mol. The summed E-state index contributed by atoms with van der Waals surface area (Å²) in [4.78, 5) is 16.6. The van der Waals surface area contributed by atoms with Gasteiger partial charge in [-0.3, -0.25) is 5.32 Å². The summed E-state index contributed by atoms with van der Waals surface area (Å²) < 4.78 is 53.6. The highest BCUT2D eigenvalue weighted by Crippen LogP contribution is 2.30. The Kier molecular flexibility index (Phi) is 9.13. The minimum atomic E-state index is -4.06. The van der Waals surface area contributed by atoms with Gasteiger partial charge in [-0.05, 0) is 96.5 Å². The monoisotopic (exact) mass is 639 g/mol. The van der Waals surface area contributed by atoms with E-state index in [0.717, 1.165) is 5.56 Å². The second-order valence-electron chi connectivity index (χ2n) is 8.88. The molecule has 3 rings (SSSR count). The molecule has 0 fully saturated rings. The number of guanidine groups is 1. The number of amides is 1. The van der Waals surface area contributed by atoms with Crippen molar-refractivity contribution in [3.63, 3.8) is 0 Å². The molecule has 0 saturated heterocycles. The Bertz CT molecular complexity index is 1390. The zero-order valence-electron chi connectivity index (χ0n) is 20.7. The van der Waals surface area contributed by atoms with Gasteiger partial charge in [0.1, 0.15) is 17.2 Å². The number of methoxy groups -OCH3 is 1. The van der Waals surface area contributed by atoms with Gasteiger partial charge >= 0.3 is 6.09 Å². The fourth-order valence-corrected chi connectivity index (χ4v) is 4.80. The zero-order chi connectivity index (χ0) is 27.2. The van der Waals surface area contributed by atoms with Crippen LogP contribution in [0.25, 0.3) is 11.1 Å². The number of alkyl carbamates (subject to hydrolysis) is 1. The lowest BCUT2D eigenvalue weighted by Gasteiger charge is -2.20. The number of nitrogens with zero attached hydrogens (tertiary/aromatic N) is 1. The minimum absolute atomic E-state index is 0.0178. The summed E-state index contributed by atoms with van der Waals surface area (Å²) in [5, 5.41) is 2.34. The highest BCUT2D eigenvalue weighted by Gasteiger charge is 2.21. The van der Waals surface area contributed by atoms with Gasteiger partial charge in [-0.1, -0.05) is 30.3 Å². The fourth-order valence-electron chi connectivity index (χ4n) is 3.17. The Balaban J connectivity index is 1.93. The van der Waals surface area contributed by atoms with Gasteiger partial charge in [-0.15, -0.1) is 0 Å². The predicted molar refractivity (Wildman–Crippen MR) is 148 cm³/mol. The van der Waals surface area contributed by atoms with Crippen LogP contribution in [0.2, 0.25) is 0 Å². The summed E-state index contributed by atoms with van der Waals surface area (Å²) in [7, 11) is -2.50. The van der Waals surface area contributed by atoms with Crippen molar-refractivity contribution in [1.82, 2.24) is 10.0 Å². The number of aliphatic imine (C=N–C) groups is 1. The Morgan fingerprint density at radius 1 is 1.05 bits per heavy atom. The molecule has 0 aliphatic carbocycles. The second-order valence-corrected chi connectivity index (χ2v) is 11.6. The molecule has 0 saturated carbocycles. The number of carbonyl (C=O) groups excluding carboxylic acids is 1. The van der Waals surface area contributed by atoms with Gasteiger partial charge in [0.2, 0.25) is 5.96 Å². The first kappa shape index (κ1) is 28.4. The average molecular weight is 639 g/mol. The molecule has 0 unspecified atom stereocenters. The van der Waals surface area contributed by atoms with Crippen LogP contribution in [0, 0.1) is 9.39 Å². The lowest BCUT2D eigenvalue weighted by atomic mass is 10.0. The number of sulfonamides is 1. The third kappa shape index (κ3) is 8.15. The largest absolute Gasteiger partial charge is 0.497 e. The Hall–Kier alpha value is -3.19. The third-order valence-corrected chi connectivity index (χ3v) is 7.26. The van der Waals surface area contributed by atoms with Crippen LogP contribution in [0.15, 0.2) is 76.6 Å². The van der Waals surface area contributed by atoms with Crippen LogP contribution in [-0.4, -0.2) is 33.2 Å². The normalized spacial score (nSPS) is 12.1. The van der Waals surface area contributed by atoms with Crippen molar-refractivity contribution < 1.29 is 27.1 Å². The summed E-state index contributed by atoms with van der Waals surface area (Å²) in [6, 6.07) is 17.9. The summed E-state index contributed by atoms with van der Waals surface area (Å²) in [6.45, 7) is 4.89. The molecule has 3 aromatic rings. The number of halogens is 2. The van der Waals surface area contributed by atoms with Crippen molar-refractivity contribution in [2.75, 3.05) is 7.11 Å². The number of hydrogen-bond acceptors (Lipinski definition) is 6. The van der Waals surface area contributed by atoms with Crippen molar-refractivity contribution in [2.45, 2.75) is 37.8 Å². The van der Waals surface area contributed by atoms with Crippen LogP contribution in [-0.2, 0) is 21.3 Å². The van der Waals surface area contributed by atoms with Crippen LogP contribution >= 0.6 is 22.6 Å². The second kappa shape index (κ2) is 11.9. The molecule has 0 heterocycles. The molecule has 37 heavy (non-hydrogen) atoms. The molecule has 0 atom stereocenters. The molecule has 0 bridgehead atoms. The Labute approximate surface area is 229 Å². The maximum Gasteiger partial charge on any atom is 0.414 e. The van der Waals surface area contributed by atoms with Crippen LogP contribution in [0.3, 0.4) is 0 Å². The number of rotatable bonds is 6. The molecule has 2 N–H and O–H groups in total.